The third-order valence-electron chi connectivity index (χ3n) is 2.39. The minimum Gasteiger partial charge on any atom is -0.495 e. The van der Waals surface area contributed by atoms with Crippen LogP contribution in [0.2, 0.25) is 10.2 Å². The molecule has 0 saturated heterocycles. The lowest BCUT2D eigenvalue weighted by atomic mass is 10.1. The van der Waals surface area contributed by atoms with Crippen molar-refractivity contribution in [2.45, 2.75) is 0 Å². The molecule has 18 heavy (non-hydrogen) atoms. The van der Waals surface area contributed by atoms with Crippen molar-refractivity contribution in [2.75, 3.05) is 14.2 Å². The lowest BCUT2D eigenvalue weighted by molar-refractivity contribution is 0.411. The van der Waals surface area contributed by atoms with E-state index in [0.29, 0.717) is 22.2 Å². The van der Waals surface area contributed by atoms with Crippen LogP contribution < -0.4 is 9.47 Å². The standard InChI is InChI=1S/C12H10Cl2N2O2/c1-17-9-5-7(3-4-8(9)13)10-11(18-2)12(14)16-6-15-10/h3-6H,1-2H3. The van der Waals surface area contributed by atoms with Crippen LogP contribution in [0.15, 0.2) is 24.5 Å². The van der Waals surface area contributed by atoms with E-state index in [-0.39, 0.29) is 5.15 Å². The number of hydrogen-bond acceptors (Lipinski definition) is 4. The molecule has 0 spiro atoms. The van der Waals surface area contributed by atoms with Crippen LogP contribution in [0.3, 0.4) is 0 Å². The monoisotopic (exact) mass is 284 g/mol. The second-order valence-corrected chi connectivity index (χ2v) is 4.16. The average molecular weight is 285 g/mol. The van der Waals surface area contributed by atoms with Gasteiger partial charge in [-0.25, -0.2) is 9.97 Å². The normalized spacial score (nSPS) is 10.2. The van der Waals surface area contributed by atoms with Crippen LogP contribution in [0, 0.1) is 0 Å². The maximum Gasteiger partial charge on any atom is 0.182 e. The molecule has 0 aliphatic carbocycles. The molecule has 0 N–H and O–H groups in total. The third kappa shape index (κ3) is 2.35. The molecule has 1 aromatic heterocycles. The van der Waals surface area contributed by atoms with Gasteiger partial charge in [0.1, 0.15) is 17.8 Å². The van der Waals surface area contributed by atoms with Gasteiger partial charge in [0, 0.05) is 5.56 Å². The molecule has 1 heterocycles. The van der Waals surface area contributed by atoms with Crippen LogP contribution in [-0.2, 0) is 0 Å². The molecule has 0 aliphatic heterocycles. The summed E-state index contributed by atoms with van der Waals surface area (Å²) in [5, 5.41) is 0.789. The van der Waals surface area contributed by atoms with E-state index in [1.165, 1.54) is 13.4 Å². The first-order valence-corrected chi connectivity index (χ1v) is 5.81. The van der Waals surface area contributed by atoms with E-state index in [9.17, 15) is 0 Å². The lowest BCUT2D eigenvalue weighted by Gasteiger charge is -2.10. The Balaban J connectivity index is 2.58. The van der Waals surface area contributed by atoms with Gasteiger partial charge in [0.25, 0.3) is 0 Å². The first kappa shape index (κ1) is 12.9. The minimum absolute atomic E-state index is 0.261. The molecule has 0 atom stereocenters. The fraction of sp³-hybridized carbons (Fsp3) is 0.167. The van der Waals surface area contributed by atoms with Gasteiger partial charge in [-0.3, -0.25) is 0 Å². The van der Waals surface area contributed by atoms with E-state index in [2.05, 4.69) is 9.97 Å². The Bertz CT molecular complexity index is 576. The van der Waals surface area contributed by atoms with Gasteiger partial charge >= 0.3 is 0 Å². The summed E-state index contributed by atoms with van der Waals surface area (Å²) in [6.45, 7) is 0. The Hall–Kier alpha value is -1.52. The Morgan fingerprint density at radius 2 is 1.83 bits per heavy atom. The van der Waals surface area contributed by atoms with Gasteiger partial charge in [-0.2, -0.15) is 0 Å². The van der Waals surface area contributed by atoms with E-state index in [4.69, 9.17) is 32.7 Å². The largest absolute Gasteiger partial charge is 0.495 e. The Labute approximate surface area is 114 Å². The maximum absolute atomic E-state index is 5.97. The molecule has 0 fully saturated rings. The molecule has 4 nitrogen and oxygen atoms in total. The first-order valence-electron chi connectivity index (χ1n) is 5.05. The average Bonchev–Trinajstić information content (AvgIpc) is 2.39. The fourth-order valence-corrected chi connectivity index (χ4v) is 1.95. The fourth-order valence-electron chi connectivity index (χ4n) is 1.55. The zero-order valence-electron chi connectivity index (χ0n) is 9.78. The molecule has 0 radical (unpaired) electrons. The van der Waals surface area contributed by atoms with Gasteiger partial charge < -0.3 is 9.47 Å². The summed E-state index contributed by atoms with van der Waals surface area (Å²) in [4.78, 5) is 8.03. The van der Waals surface area contributed by atoms with Crippen molar-refractivity contribution in [2.24, 2.45) is 0 Å². The van der Waals surface area contributed by atoms with Crippen LogP contribution in [0.1, 0.15) is 0 Å². The summed E-state index contributed by atoms with van der Waals surface area (Å²) in [6, 6.07) is 5.31. The second-order valence-electron chi connectivity index (χ2n) is 3.40. The lowest BCUT2D eigenvalue weighted by Crippen LogP contribution is -1.95. The molecule has 0 unspecified atom stereocenters. The summed E-state index contributed by atoms with van der Waals surface area (Å²) in [5.74, 6) is 0.981. The van der Waals surface area contributed by atoms with Crippen molar-refractivity contribution in [3.63, 3.8) is 0 Å². The third-order valence-corrected chi connectivity index (χ3v) is 2.97. The van der Waals surface area contributed by atoms with Gasteiger partial charge in [-0.1, -0.05) is 29.3 Å². The SMILES string of the molecule is COc1cc(-c2ncnc(Cl)c2OC)ccc1Cl. The number of methoxy groups -OCH3 is 2. The Kier molecular flexibility index (Phi) is 3.89. The molecule has 0 amide bonds. The van der Waals surface area contributed by atoms with Crippen molar-refractivity contribution >= 4 is 23.2 Å². The Morgan fingerprint density at radius 3 is 2.50 bits per heavy atom. The molecule has 0 bridgehead atoms. The molecule has 6 heteroatoms. The highest BCUT2D eigenvalue weighted by atomic mass is 35.5. The predicted molar refractivity (Wildman–Crippen MR) is 70.6 cm³/mol. The van der Waals surface area contributed by atoms with Crippen LogP contribution in [0.4, 0.5) is 0 Å². The van der Waals surface area contributed by atoms with Crippen LogP contribution in [0.5, 0.6) is 11.5 Å². The van der Waals surface area contributed by atoms with E-state index in [1.54, 1.807) is 19.2 Å². The summed E-state index contributed by atoms with van der Waals surface area (Å²) in [5.41, 5.74) is 1.38. The topological polar surface area (TPSA) is 44.2 Å². The highest BCUT2D eigenvalue weighted by Gasteiger charge is 2.13. The molecule has 94 valence electrons. The molecule has 0 saturated carbocycles. The summed E-state index contributed by atoms with van der Waals surface area (Å²) >= 11 is 11.9. The first-order chi connectivity index (χ1) is 8.67. The van der Waals surface area contributed by atoms with Gasteiger partial charge in [0.2, 0.25) is 0 Å². The molecule has 2 aromatic rings. The van der Waals surface area contributed by atoms with E-state index in [0.717, 1.165) is 5.56 Å². The number of benzene rings is 1. The number of aromatic nitrogens is 2. The highest BCUT2D eigenvalue weighted by molar-refractivity contribution is 6.32. The smallest absolute Gasteiger partial charge is 0.182 e. The van der Waals surface area contributed by atoms with Crippen molar-refractivity contribution in [3.8, 4) is 22.8 Å². The quantitative estimate of drug-likeness (QED) is 0.810. The number of halogens is 2. The zero-order valence-corrected chi connectivity index (χ0v) is 11.3. The van der Waals surface area contributed by atoms with Crippen LogP contribution in [-0.4, -0.2) is 24.2 Å². The maximum atomic E-state index is 5.97. The van der Waals surface area contributed by atoms with Gasteiger partial charge in [-0.15, -0.1) is 0 Å². The summed E-state index contributed by atoms with van der Waals surface area (Å²) in [6.07, 6.45) is 1.38. The molecule has 1 aromatic carbocycles. The highest BCUT2D eigenvalue weighted by Crippen LogP contribution is 2.36. The van der Waals surface area contributed by atoms with Gasteiger partial charge in [0.05, 0.1) is 19.2 Å². The predicted octanol–water partition coefficient (Wildman–Crippen LogP) is 3.47. The number of hydrogen-bond donors (Lipinski definition) is 0. The van der Waals surface area contributed by atoms with E-state index in [1.807, 2.05) is 6.07 Å². The van der Waals surface area contributed by atoms with Crippen LogP contribution >= 0.6 is 23.2 Å². The van der Waals surface area contributed by atoms with Crippen molar-refractivity contribution in [1.29, 1.82) is 0 Å². The van der Waals surface area contributed by atoms with Crippen molar-refractivity contribution in [3.05, 3.63) is 34.7 Å². The molecular formula is C12H10Cl2N2O2. The number of ether oxygens (including phenoxy) is 2. The molecular weight excluding hydrogens is 275 g/mol. The summed E-state index contributed by atoms with van der Waals surface area (Å²) in [7, 11) is 3.07. The molecule has 2 rings (SSSR count). The molecule has 0 aliphatic rings. The van der Waals surface area contributed by atoms with Gasteiger partial charge in [0.15, 0.2) is 10.9 Å². The minimum atomic E-state index is 0.261. The van der Waals surface area contributed by atoms with E-state index < -0.39 is 0 Å². The Morgan fingerprint density at radius 1 is 1.06 bits per heavy atom. The van der Waals surface area contributed by atoms with E-state index >= 15 is 0 Å². The second kappa shape index (κ2) is 5.42. The zero-order chi connectivity index (χ0) is 13.1. The van der Waals surface area contributed by atoms with Gasteiger partial charge in [-0.05, 0) is 12.1 Å². The summed E-state index contributed by atoms with van der Waals surface area (Å²) < 4.78 is 10.4. The van der Waals surface area contributed by atoms with Crippen LogP contribution in [0.25, 0.3) is 11.3 Å². The number of rotatable bonds is 3. The number of nitrogens with zero attached hydrogens (tertiary/aromatic N) is 2. The van der Waals surface area contributed by atoms with Crippen molar-refractivity contribution < 1.29 is 9.47 Å². The van der Waals surface area contributed by atoms with Crippen molar-refractivity contribution in [1.82, 2.24) is 9.97 Å².